The van der Waals surface area contributed by atoms with Gasteiger partial charge in [0, 0.05) is 9.75 Å². The molecule has 1 aromatic heterocycles. The van der Waals surface area contributed by atoms with Gasteiger partial charge in [0.1, 0.15) is 0 Å². The normalized spacial score (nSPS) is 13.1. The van der Waals surface area contributed by atoms with Gasteiger partial charge in [0.05, 0.1) is 11.5 Å². The molecule has 0 aromatic carbocycles. The molecule has 0 saturated carbocycles. The van der Waals surface area contributed by atoms with E-state index in [9.17, 15) is 9.59 Å². The SMILES string of the molecule is CCC(CC)(NC(=O)C(C)c1ccc(C)s1)C(C)=O. The van der Waals surface area contributed by atoms with E-state index in [-0.39, 0.29) is 17.6 Å². The second kappa shape index (κ2) is 6.33. The summed E-state index contributed by atoms with van der Waals surface area (Å²) in [4.78, 5) is 26.4. The highest BCUT2D eigenvalue weighted by molar-refractivity contribution is 7.12. The number of hydrogen-bond donors (Lipinski definition) is 1. The molecule has 1 rings (SSSR count). The fourth-order valence-electron chi connectivity index (χ4n) is 2.17. The van der Waals surface area contributed by atoms with Crippen molar-refractivity contribution in [2.45, 2.75) is 58.9 Å². The number of hydrogen-bond acceptors (Lipinski definition) is 3. The average Bonchev–Trinajstić information content (AvgIpc) is 2.81. The van der Waals surface area contributed by atoms with Crippen molar-refractivity contribution in [1.82, 2.24) is 5.32 Å². The smallest absolute Gasteiger partial charge is 0.228 e. The molecule has 0 aliphatic carbocycles. The summed E-state index contributed by atoms with van der Waals surface area (Å²) in [5, 5.41) is 2.96. The van der Waals surface area contributed by atoms with Crippen molar-refractivity contribution >= 4 is 23.0 Å². The zero-order chi connectivity index (χ0) is 14.6. The van der Waals surface area contributed by atoms with Gasteiger partial charge in [-0.25, -0.2) is 0 Å². The molecule has 0 radical (unpaired) electrons. The minimum absolute atomic E-state index is 0.0282. The van der Waals surface area contributed by atoms with Crippen LogP contribution in [0.3, 0.4) is 0 Å². The molecule has 0 aliphatic heterocycles. The quantitative estimate of drug-likeness (QED) is 0.868. The van der Waals surface area contributed by atoms with Crippen molar-refractivity contribution in [2.24, 2.45) is 0 Å². The molecule has 106 valence electrons. The molecule has 1 atom stereocenters. The lowest BCUT2D eigenvalue weighted by Gasteiger charge is -2.31. The van der Waals surface area contributed by atoms with Gasteiger partial charge in [0.2, 0.25) is 5.91 Å². The van der Waals surface area contributed by atoms with Crippen molar-refractivity contribution in [3.63, 3.8) is 0 Å². The molecular weight excluding hydrogens is 258 g/mol. The summed E-state index contributed by atoms with van der Waals surface area (Å²) in [6, 6.07) is 4.00. The standard InChI is InChI=1S/C15H23NO2S/c1-6-15(7-2,12(5)17)16-14(18)11(4)13-9-8-10(3)19-13/h8-9,11H,6-7H2,1-5H3,(H,16,18). The molecule has 0 saturated heterocycles. The number of amides is 1. The Morgan fingerprint density at radius 1 is 1.32 bits per heavy atom. The van der Waals surface area contributed by atoms with E-state index in [1.807, 2.05) is 39.8 Å². The Bertz CT molecular complexity index is 460. The zero-order valence-corrected chi connectivity index (χ0v) is 13.2. The molecule has 3 nitrogen and oxygen atoms in total. The van der Waals surface area contributed by atoms with E-state index in [1.54, 1.807) is 18.3 Å². The van der Waals surface area contributed by atoms with Crippen molar-refractivity contribution in [1.29, 1.82) is 0 Å². The summed E-state index contributed by atoms with van der Waals surface area (Å²) < 4.78 is 0. The predicted molar refractivity (Wildman–Crippen MR) is 79.6 cm³/mol. The number of ketones is 1. The minimum atomic E-state index is -0.711. The number of thiophene rings is 1. The fraction of sp³-hybridized carbons (Fsp3) is 0.600. The molecule has 19 heavy (non-hydrogen) atoms. The molecule has 1 unspecified atom stereocenters. The van der Waals surface area contributed by atoms with Crippen LogP contribution in [0, 0.1) is 6.92 Å². The van der Waals surface area contributed by atoms with E-state index in [4.69, 9.17) is 0 Å². The summed E-state index contributed by atoms with van der Waals surface area (Å²) in [6.07, 6.45) is 1.25. The van der Waals surface area contributed by atoms with Crippen molar-refractivity contribution < 1.29 is 9.59 Å². The summed E-state index contributed by atoms with van der Waals surface area (Å²) in [5.41, 5.74) is -0.711. The first-order chi connectivity index (χ1) is 8.86. The van der Waals surface area contributed by atoms with E-state index >= 15 is 0 Å². The molecule has 1 aromatic rings. The number of carbonyl (C=O) groups excluding carboxylic acids is 2. The molecule has 1 heterocycles. The number of Topliss-reactive ketones (excluding diaryl/α,β-unsaturated/α-hetero) is 1. The van der Waals surface area contributed by atoms with Gasteiger partial charge in [0.25, 0.3) is 0 Å². The molecular formula is C15H23NO2S. The number of rotatable bonds is 6. The number of aryl methyl sites for hydroxylation is 1. The second-order valence-corrected chi connectivity index (χ2v) is 6.32. The van der Waals surface area contributed by atoms with Crippen LogP contribution < -0.4 is 5.32 Å². The lowest BCUT2D eigenvalue weighted by Crippen LogP contribution is -2.53. The first kappa shape index (κ1) is 15.9. The van der Waals surface area contributed by atoms with E-state index in [1.165, 1.54) is 4.88 Å². The van der Waals surface area contributed by atoms with Gasteiger partial charge in [-0.15, -0.1) is 11.3 Å². The minimum Gasteiger partial charge on any atom is -0.343 e. The van der Waals surface area contributed by atoms with Crippen LogP contribution in [0.5, 0.6) is 0 Å². The van der Waals surface area contributed by atoms with E-state index < -0.39 is 5.54 Å². The number of carbonyl (C=O) groups is 2. The molecule has 0 fully saturated rings. The maximum Gasteiger partial charge on any atom is 0.228 e. The Morgan fingerprint density at radius 3 is 2.26 bits per heavy atom. The first-order valence-electron chi connectivity index (χ1n) is 6.75. The third-order valence-electron chi connectivity index (χ3n) is 3.82. The van der Waals surface area contributed by atoms with E-state index in [0.717, 1.165) is 4.88 Å². The largest absolute Gasteiger partial charge is 0.343 e. The third kappa shape index (κ3) is 3.44. The van der Waals surface area contributed by atoms with Crippen LogP contribution in [0.1, 0.15) is 56.2 Å². The third-order valence-corrected chi connectivity index (χ3v) is 5.01. The van der Waals surface area contributed by atoms with Crippen LogP contribution in [-0.4, -0.2) is 17.2 Å². The summed E-state index contributed by atoms with van der Waals surface area (Å²) in [7, 11) is 0. The topological polar surface area (TPSA) is 46.2 Å². The Morgan fingerprint density at radius 2 is 1.89 bits per heavy atom. The van der Waals surface area contributed by atoms with Crippen molar-refractivity contribution in [3.05, 3.63) is 21.9 Å². The van der Waals surface area contributed by atoms with Crippen LogP contribution in [0.15, 0.2) is 12.1 Å². The Kier molecular flexibility index (Phi) is 5.29. The lowest BCUT2D eigenvalue weighted by atomic mass is 9.88. The fourth-order valence-corrected chi connectivity index (χ4v) is 3.10. The lowest BCUT2D eigenvalue weighted by molar-refractivity contribution is -0.131. The highest BCUT2D eigenvalue weighted by Gasteiger charge is 2.34. The van der Waals surface area contributed by atoms with Gasteiger partial charge >= 0.3 is 0 Å². The Hall–Kier alpha value is -1.16. The molecule has 0 spiro atoms. The van der Waals surface area contributed by atoms with E-state index in [2.05, 4.69) is 5.32 Å². The number of nitrogens with one attached hydrogen (secondary N) is 1. The van der Waals surface area contributed by atoms with Crippen molar-refractivity contribution in [3.8, 4) is 0 Å². The molecule has 0 bridgehead atoms. The van der Waals surface area contributed by atoms with Gasteiger partial charge in [-0.2, -0.15) is 0 Å². The maximum absolute atomic E-state index is 12.3. The van der Waals surface area contributed by atoms with Crippen LogP contribution in [-0.2, 0) is 9.59 Å². The monoisotopic (exact) mass is 281 g/mol. The Labute approximate surface area is 119 Å². The molecule has 1 amide bonds. The summed E-state index contributed by atoms with van der Waals surface area (Å²) in [6.45, 7) is 9.33. The first-order valence-corrected chi connectivity index (χ1v) is 7.57. The molecule has 0 aliphatic rings. The van der Waals surface area contributed by atoms with Crippen LogP contribution in [0.2, 0.25) is 0 Å². The van der Waals surface area contributed by atoms with Gasteiger partial charge in [-0.1, -0.05) is 13.8 Å². The highest BCUT2D eigenvalue weighted by Crippen LogP contribution is 2.26. The average molecular weight is 281 g/mol. The predicted octanol–water partition coefficient (Wildman–Crippen LogP) is 3.42. The van der Waals surface area contributed by atoms with Crippen LogP contribution >= 0.6 is 11.3 Å². The Balaban J connectivity index is 2.86. The maximum atomic E-state index is 12.3. The zero-order valence-electron chi connectivity index (χ0n) is 12.4. The van der Waals surface area contributed by atoms with Crippen LogP contribution in [0.4, 0.5) is 0 Å². The van der Waals surface area contributed by atoms with Gasteiger partial charge < -0.3 is 5.32 Å². The summed E-state index contributed by atoms with van der Waals surface area (Å²) >= 11 is 1.63. The second-order valence-electron chi connectivity index (χ2n) is 5.00. The van der Waals surface area contributed by atoms with Gasteiger partial charge in [-0.05, 0) is 45.7 Å². The van der Waals surface area contributed by atoms with E-state index in [0.29, 0.717) is 12.8 Å². The van der Waals surface area contributed by atoms with Crippen LogP contribution in [0.25, 0.3) is 0 Å². The van der Waals surface area contributed by atoms with Gasteiger partial charge in [-0.3, -0.25) is 9.59 Å². The van der Waals surface area contributed by atoms with Gasteiger partial charge in [0.15, 0.2) is 5.78 Å². The molecule has 1 N–H and O–H groups in total. The molecule has 4 heteroatoms. The highest BCUT2D eigenvalue weighted by atomic mass is 32.1. The summed E-state index contributed by atoms with van der Waals surface area (Å²) in [5.74, 6) is -0.253. The van der Waals surface area contributed by atoms with Crippen molar-refractivity contribution in [2.75, 3.05) is 0 Å².